The van der Waals surface area contributed by atoms with E-state index in [0.29, 0.717) is 40.6 Å². The molecule has 0 unspecified atom stereocenters. The fraction of sp³-hybridized carbons (Fsp3) is 0.233. The number of methoxy groups -OCH3 is 2. The monoisotopic (exact) mass is 497 g/mol. The zero-order valence-electron chi connectivity index (χ0n) is 21.2. The van der Waals surface area contributed by atoms with Gasteiger partial charge in [-0.25, -0.2) is 4.79 Å². The summed E-state index contributed by atoms with van der Waals surface area (Å²) in [6.45, 7) is 4.25. The highest BCUT2D eigenvalue weighted by molar-refractivity contribution is 5.99. The number of hydrogen-bond acceptors (Lipinski definition) is 6. The highest BCUT2D eigenvalue weighted by atomic mass is 16.5. The number of rotatable bonds is 6. The molecule has 0 spiro atoms. The van der Waals surface area contributed by atoms with Gasteiger partial charge in [0.2, 0.25) is 5.76 Å². The lowest BCUT2D eigenvalue weighted by atomic mass is 9.96. The van der Waals surface area contributed by atoms with Gasteiger partial charge in [-0.2, -0.15) is 0 Å². The molecule has 4 aromatic rings. The Hall–Kier alpha value is -4.39. The van der Waals surface area contributed by atoms with Gasteiger partial charge in [-0.05, 0) is 78.9 Å². The van der Waals surface area contributed by atoms with Crippen LogP contribution in [-0.4, -0.2) is 37.5 Å². The Labute approximate surface area is 214 Å². The first-order valence-corrected chi connectivity index (χ1v) is 12.0. The lowest BCUT2D eigenvalue weighted by Gasteiger charge is -2.25. The average molecular weight is 498 g/mol. The summed E-state index contributed by atoms with van der Waals surface area (Å²) in [6.07, 6.45) is 0.576. The van der Waals surface area contributed by atoms with E-state index in [4.69, 9.17) is 13.9 Å². The van der Waals surface area contributed by atoms with Crippen LogP contribution in [0.4, 0.5) is 0 Å². The van der Waals surface area contributed by atoms with Gasteiger partial charge in [0.05, 0.1) is 36.8 Å². The number of esters is 1. The molecule has 7 heteroatoms. The van der Waals surface area contributed by atoms with Crippen molar-refractivity contribution < 1.29 is 23.5 Å². The first-order valence-electron chi connectivity index (χ1n) is 12.0. The fourth-order valence-corrected chi connectivity index (χ4v) is 4.81. The molecule has 0 fully saturated rings. The van der Waals surface area contributed by atoms with Crippen LogP contribution in [0.15, 0.2) is 69.9 Å². The third-order valence-electron chi connectivity index (χ3n) is 7.03. The molecule has 0 aliphatic carbocycles. The van der Waals surface area contributed by atoms with E-state index in [0.717, 1.165) is 22.4 Å². The summed E-state index contributed by atoms with van der Waals surface area (Å²) in [5.74, 6) is 0.0338. The summed E-state index contributed by atoms with van der Waals surface area (Å²) in [5, 5.41) is 0.447. The molecule has 37 heavy (non-hydrogen) atoms. The minimum absolute atomic E-state index is 0.0672. The van der Waals surface area contributed by atoms with Gasteiger partial charge in [0.1, 0.15) is 11.3 Å². The van der Waals surface area contributed by atoms with Crippen molar-refractivity contribution in [3.63, 3.8) is 0 Å². The van der Waals surface area contributed by atoms with Crippen LogP contribution in [0.2, 0.25) is 0 Å². The van der Waals surface area contributed by atoms with E-state index < -0.39 is 12.0 Å². The van der Waals surface area contributed by atoms with Crippen molar-refractivity contribution in [3.8, 4) is 5.75 Å². The van der Waals surface area contributed by atoms with Crippen LogP contribution >= 0.6 is 0 Å². The highest BCUT2D eigenvalue weighted by Gasteiger charge is 2.42. The Morgan fingerprint density at radius 3 is 2.27 bits per heavy atom. The Balaban J connectivity index is 1.61. The van der Waals surface area contributed by atoms with Crippen molar-refractivity contribution in [2.45, 2.75) is 26.3 Å². The largest absolute Gasteiger partial charge is 0.497 e. The number of carbonyl (C=O) groups excluding carboxylic acids is 2. The van der Waals surface area contributed by atoms with Crippen molar-refractivity contribution in [1.82, 2.24) is 4.90 Å². The summed E-state index contributed by atoms with van der Waals surface area (Å²) in [4.78, 5) is 41.1. The minimum atomic E-state index is -0.644. The maximum atomic E-state index is 13.8. The van der Waals surface area contributed by atoms with Crippen molar-refractivity contribution >= 4 is 22.8 Å². The normalized spacial score (nSPS) is 14.6. The van der Waals surface area contributed by atoms with E-state index in [1.54, 1.807) is 42.3 Å². The number of amides is 1. The van der Waals surface area contributed by atoms with E-state index in [1.807, 2.05) is 44.2 Å². The van der Waals surface area contributed by atoms with Crippen molar-refractivity contribution in [3.05, 3.63) is 110 Å². The van der Waals surface area contributed by atoms with Crippen molar-refractivity contribution in [2.75, 3.05) is 20.8 Å². The number of nitrogens with zero attached hydrogens (tertiary/aromatic N) is 1. The second-order valence-electron chi connectivity index (χ2n) is 9.22. The van der Waals surface area contributed by atoms with Crippen LogP contribution in [0.25, 0.3) is 11.0 Å². The predicted molar refractivity (Wildman–Crippen MR) is 139 cm³/mol. The third kappa shape index (κ3) is 4.27. The van der Waals surface area contributed by atoms with Gasteiger partial charge in [-0.3, -0.25) is 9.59 Å². The summed E-state index contributed by atoms with van der Waals surface area (Å²) in [5.41, 5.74) is 4.58. The average Bonchev–Trinajstić information content (AvgIpc) is 3.20. The Kier molecular flexibility index (Phi) is 6.29. The van der Waals surface area contributed by atoms with Crippen LogP contribution in [0.5, 0.6) is 5.75 Å². The molecule has 2 heterocycles. The van der Waals surface area contributed by atoms with E-state index >= 15 is 0 Å². The molecule has 1 amide bonds. The van der Waals surface area contributed by atoms with Crippen LogP contribution in [0.1, 0.15) is 54.8 Å². The maximum Gasteiger partial charge on any atom is 0.337 e. The smallest absolute Gasteiger partial charge is 0.337 e. The molecule has 1 aliphatic heterocycles. The molecule has 3 aromatic carbocycles. The molecule has 1 atom stereocenters. The quantitative estimate of drug-likeness (QED) is 0.349. The molecular weight excluding hydrogens is 470 g/mol. The first-order chi connectivity index (χ1) is 17.8. The summed E-state index contributed by atoms with van der Waals surface area (Å²) in [7, 11) is 2.94. The summed E-state index contributed by atoms with van der Waals surface area (Å²) >= 11 is 0. The molecule has 1 aromatic heterocycles. The minimum Gasteiger partial charge on any atom is -0.497 e. The standard InChI is InChI=1S/C30H27NO6/c1-17-15-23-24(16-18(17)2)37-28-25(27(23)32)26(20-7-9-21(10-8-20)30(34)36-4)31(29(28)33)14-13-19-5-11-22(35-3)12-6-19/h5-12,15-16,26H,13-14H2,1-4H3/t26-/m1/s1. The van der Waals surface area contributed by atoms with E-state index in [-0.39, 0.29) is 17.1 Å². The molecule has 0 N–H and O–H groups in total. The Bertz CT molecular complexity index is 1570. The van der Waals surface area contributed by atoms with Crippen molar-refractivity contribution in [1.29, 1.82) is 0 Å². The second-order valence-corrected chi connectivity index (χ2v) is 9.22. The molecule has 0 radical (unpaired) electrons. The molecule has 5 rings (SSSR count). The van der Waals surface area contributed by atoms with Crippen molar-refractivity contribution in [2.24, 2.45) is 0 Å². The van der Waals surface area contributed by atoms with Crippen LogP contribution in [0, 0.1) is 13.8 Å². The summed E-state index contributed by atoms with van der Waals surface area (Å²) < 4.78 is 16.1. The first kappa shape index (κ1) is 24.3. The number of carbonyl (C=O) groups is 2. The van der Waals surface area contributed by atoms with Gasteiger partial charge in [-0.15, -0.1) is 0 Å². The van der Waals surface area contributed by atoms with Gasteiger partial charge in [0.25, 0.3) is 5.91 Å². The fourth-order valence-electron chi connectivity index (χ4n) is 4.81. The molecule has 0 saturated carbocycles. The van der Waals surface area contributed by atoms with Gasteiger partial charge < -0.3 is 18.8 Å². The number of benzene rings is 3. The lowest BCUT2D eigenvalue weighted by molar-refractivity contribution is 0.0600. The molecule has 0 bridgehead atoms. The van der Waals surface area contributed by atoms with E-state index in [2.05, 4.69) is 0 Å². The molecule has 7 nitrogen and oxygen atoms in total. The van der Waals surface area contributed by atoms with Gasteiger partial charge >= 0.3 is 5.97 Å². The molecule has 0 saturated heterocycles. The number of aryl methyl sites for hydroxylation is 2. The number of hydrogen-bond donors (Lipinski definition) is 0. The third-order valence-corrected chi connectivity index (χ3v) is 7.03. The van der Waals surface area contributed by atoms with Gasteiger partial charge in [0.15, 0.2) is 5.43 Å². The van der Waals surface area contributed by atoms with Gasteiger partial charge in [0, 0.05) is 6.54 Å². The zero-order chi connectivity index (χ0) is 26.3. The predicted octanol–water partition coefficient (Wildman–Crippen LogP) is 4.99. The number of ether oxygens (including phenoxy) is 2. The zero-order valence-corrected chi connectivity index (χ0v) is 21.2. The molecule has 188 valence electrons. The molecular formula is C30H27NO6. The van der Waals surface area contributed by atoms with E-state index in [9.17, 15) is 14.4 Å². The SMILES string of the molecule is COC(=O)c1ccc([C@@H]2c3c(oc4cc(C)c(C)cc4c3=O)C(=O)N2CCc2ccc(OC)cc2)cc1. The van der Waals surface area contributed by atoms with Crippen LogP contribution in [0.3, 0.4) is 0 Å². The van der Waals surface area contributed by atoms with E-state index in [1.165, 1.54) is 7.11 Å². The van der Waals surface area contributed by atoms with Gasteiger partial charge in [-0.1, -0.05) is 24.3 Å². The van der Waals surface area contributed by atoms with Crippen LogP contribution in [-0.2, 0) is 11.2 Å². The molecule has 1 aliphatic rings. The Morgan fingerprint density at radius 1 is 0.946 bits per heavy atom. The topological polar surface area (TPSA) is 86.0 Å². The van der Waals surface area contributed by atoms with Crippen LogP contribution < -0.4 is 10.2 Å². The Morgan fingerprint density at radius 2 is 1.62 bits per heavy atom. The maximum absolute atomic E-state index is 13.8. The number of fused-ring (bicyclic) bond motifs is 2. The second kappa shape index (κ2) is 9.58. The highest BCUT2D eigenvalue weighted by Crippen LogP contribution is 2.38. The lowest BCUT2D eigenvalue weighted by Crippen LogP contribution is -2.31. The summed E-state index contributed by atoms with van der Waals surface area (Å²) in [6, 6.07) is 17.4.